The first-order valence-corrected chi connectivity index (χ1v) is 7.67. The molecule has 1 aliphatic heterocycles. The van der Waals surface area contributed by atoms with E-state index >= 15 is 0 Å². The van der Waals surface area contributed by atoms with Crippen molar-refractivity contribution in [1.29, 1.82) is 0 Å². The Labute approximate surface area is 97.0 Å². The maximum Gasteiger partial charge on any atom is 0.303 e. The predicted octanol–water partition coefficient (Wildman–Crippen LogP) is -0.0736. The molecule has 1 rings (SSSR count). The van der Waals surface area contributed by atoms with Crippen LogP contribution in [0.1, 0.15) is 13.8 Å². The van der Waals surface area contributed by atoms with Gasteiger partial charge in [0, 0.05) is 19.6 Å². The van der Waals surface area contributed by atoms with E-state index in [0.717, 1.165) is 0 Å². The highest BCUT2D eigenvalue weighted by molar-refractivity contribution is 8.72. The van der Waals surface area contributed by atoms with Crippen LogP contribution in [0.15, 0.2) is 0 Å². The third-order valence-corrected chi connectivity index (χ3v) is 5.28. The minimum Gasteiger partial charge on any atom is -0.458 e. The Morgan fingerprint density at radius 1 is 1.12 bits per heavy atom. The fourth-order valence-corrected chi connectivity index (χ4v) is 4.40. The standard InChI is InChI=1S/C8H12O6S2/c1-5(9)13-7-3-15-16(11,12)4-8(7)14-6(2)10/h7-8H,3-4H2,1-2H3/t7-,8+/m0/s1. The van der Waals surface area contributed by atoms with Crippen LogP contribution in [0.3, 0.4) is 0 Å². The van der Waals surface area contributed by atoms with Gasteiger partial charge in [0.25, 0.3) is 0 Å². The molecule has 0 amide bonds. The molecule has 0 radical (unpaired) electrons. The Hall–Kier alpha value is -0.760. The Morgan fingerprint density at radius 2 is 1.62 bits per heavy atom. The van der Waals surface area contributed by atoms with Gasteiger partial charge < -0.3 is 9.47 Å². The minimum absolute atomic E-state index is 0.0832. The van der Waals surface area contributed by atoms with E-state index < -0.39 is 33.0 Å². The molecule has 8 heteroatoms. The van der Waals surface area contributed by atoms with Crippen molar-refractivity contribution in [2.45, 2.75) is 26.1 Å². The first-order chi connectivity index (χ1) is 7.30. The number of esters is 2. The van der Waals surface area contributed by atoms with Gasteiger partial charge in [-0.1, -0.05) is 0 Å². The lowest BCUT2D eigenvalue weighted by atomic mass is 10.2. The molecule has 16 heavy (non-hydrogen) atoms. The van der Waals surface area contributed by atoms with Gasteiger partial charge >= 0.3 is 11.9 Å². The molecule has 0 spiro atoms. The van der Waals surface area contributed by atoms with Crippen LogP contribution in [-0.4, -0.2) is 44.1 Å². The van der Waals surface area contributed by atoms with Gasteiger partial charge in [-0.15, -0.1) is 0 Å². The number of hydrogen-bond acceptors (Lipinski definition) is 7. The quantitative estimate of drug-likeness (QED) is 0.511. The van der Waals surface area contributed by atoms with E-state index in [-0.39, 0.29) is 11.5 Å². The van der Waals surface area contributed by atoms with Gasteiger partial charge in [-0.2, -0.15) is 0 Å². The van der Waals surface area contributed by atoms with Crippen LogP contribution in [0.4, 0.5) is 0 Å². The highest BCUT2D eigenvalue weighted by atomic mass is 33.1. The van der Waals surface area contributed by atoms with Gasteiger partial charge in [-0.3, -0.25) is 9.59 Å². The Balaban J connectivity index is 2.75. The SMILES string of the molecule is CC(=O)O[C@H]1CSS(=O)(=O)C[C@H]1OC(C)=O. The van der Waals surface area contributed by atoms with Crippen molar-refractivity contribution in [2.75, 3.05) is 11.5 Å². The summed E-state index contributed by atoms with van der Waals surface area (Å²) in [4.78, 5) is 21.6. The molecule has 0 aromatic carbocycles. The molecule has 0 unspecified atom stereocenters. The summed E-state index contributed by atoms with van der Waals surface area (Å²) in [6.07, 6.45) is -1.61. The molecule has 0 N–H and O–H groups in total. The number of ether oxygens (including phenoxy) is 2. The van der Waals surface area contributed by atoms with E-state index in [0.29, 0.717) is 10.8 Å². The van der Waals surface area contributed by atoms with Gasteiger partial charge in [-0.25, -0.2) is 8.42 Å². The predicted molar refractivity (Wildman–Crippen MR) is 57.4 cm³/mol. The monoisotopic (exact) mass is 268 g/mol. The van der Waals surface area contributed by atoms with E-state index in [1.807, 2.05) is 0 Å². The molecule has 6 nitrogen and oxygen atoms in total. The summed E-state index contributed by atoms with van der Waals surface area (Å²) in [6.45, 7) is 2.40. The fourth-order valence-electron chi connectivity index (χ4n) is 1.28. The van der Waals surface area contributed by atoms with Crippen LogP contribution >= 0.6 is 10.8 Å². The highest BCUT2D eigenvalue weighted by Gasteiger charge is 2.38. The van der Waals surface area contributed by atoms with Crippen molar-refractivity contribution in [2.24, 2.45) is 0 Å². The minimum atomic E-state index is -3.30. The molecule has 0 bridgehead atoms. The van der Waals surface area contributed by atoms with E-state index in [2.05, 4.69) is 0 Å². The first kappa shape index (κ1) is 13.3. The van der Waals surface area contributed by atoms with E-state index in [9.17, 15) is 18.0 Å². The van der Waals surface area contributed by atoms with Gasteiger partial charge in [0.05, 0.1) is 0 Å². The molecule has 1 aliphatic rings. The maximum absolute atomic E-state index is 11.3. The van der Waals surface area contributed by atoms with Crippen LogP contribution in [0.2, 0.25) is 0 Å². The van der Waals surface area contributed by atoms with Crippen LogP contribution in [0.5, 0.6) is 0 Å². The van der Waals surface area contributed by atoms with Crippen LogP contribution in [-0.2, 0) is 27.9 Å². The van der Waals surface area contributed by atoms with Crippen molar-refractivity contribution < 1.29 is 27.5 Å². The number of rotatable bonds is 2. The zero-order valence-corrected chi connectivity index (χ0v) is 10.5. The molecule has 92 valence electrons. The van der Waals surface area contributed by atoms with Gasteiger partial charge in [0.1, 0.15) is 11.9 Å². The van der Waals surface area contributed by atoms with Crippen molar-refractivity contribution in [3.8, 4) is 0 Å². The molecule has 1 heterocycles. The normalized spacial score (nSPS) is 28.1. The van der Waals surface area contributed by atoms with E-state index in [1.54, 1.807) is 0 Å². The molecule has 1 saturated heterocycles. The molecule has 0 aliphatic carbocycles. The molecular formula is C8H12O6S2. The zero-order chi connectivity index (χ0) is 12.3. The average molecular weight is 268 g/mol. The Morgan fingerprint density at radius 3 is 2.12 bits per heavy atom. The van der Waals surface area contributed by atoms with Gasteiger partial charge in [0.2, 0.25) is 8.87 Å². The number of hydrogen-bond donors (Lipinski definition) is 0. The smallest absolute Gasteiger partial charge is 0.303 e. The number of carbonyl (C=O) groups excluding carboxylic acids is 2. The van der Waals surface area contributed by atoms with Crippen LogP contribution in [0, 0.1) is 0 Å². The average Bonchev–Trinajstić information content (AvgIpc) is 2.07. The van der Waals surface area contributed by atoms with Gasteiger partial charge in [-0.05, 0) is 10.8 Å². The summed E-state index contributed by atoms with van der Waals surface area (Å²) in [7, 11) is -2.59. The Kier molecular flexibility index (Phi) is 4.20. The summed E-state index contributed by atoms with van der Waals surface area (Å²) in [5.41, 5.74) is 0. The third kappa shape index (κ3) is 4.01. The van der Waals surface area contributed by atoms with E-state index in [4.69, 9.17) is 9.47 Å². The number of carbonyl (C=O) groups is 2. The summed E-state index contributed by atoms with van der Waals surface area (Å²) in [5, 5.41) is 0. The van der Waals surface area contributed by atoms with Crippen LogP contribution in [0.25, 0.3) is 0 Å². The summed E-state index contributed by atoms with van der Waals surface area (Å²) in [5.74, 6) is -1.36. The summed E-state index contributed by atoms with van der Waals surface area (Å²) >= 11 is 0. The Bertz CT molecular complexity index is 387. The lowest BCUT2D eigenvalue weighted by Crippen LogP contribution is -2.44. The highest BCUT2D eigenvalue weighted by Crippen LogP contribution is 2.27. The van der Waals surface area contributed by atoms with Crippen molar-refractivity contribution in [3.63, 3.8) is 0 Å². The summed E-state index contributed by atoms with van der Waals surface area (Å²) < 4.78 is 32.3. The molecule has 0 aromatic rings. The van der Waals surface area contributed by atoms with Crippen LogP contribution < -0.4 is 0 Å². The van der Waals surface area contributed by atoms with E-state index in [1.165, 1.54) is 13.8 Å². The zero-order valence-electron chi connectivity index (χ0n) is 8.83. The second kappa shape index (κ2) is 5.05. The van der Waals surface area contributed by atoms with Gasteiger partial charge in [0.15, 0.2) is 6.10 Å². The third-order valence-electron chi connectivity index (χ3n) is 1.83. The molecule has 0 aromatic heterocycles. The molecule has 1 fully saturated rings. The largest absolute Gasteiger partial charge is 0.458 e. The molecule has 0 saturated carbocycles. The molecule has 2 atom stereocenters. The topological polar surface area (TPSA) is 86.7 Å². The lowest BCUT2D eigenvalue weighted by molar-refractivity contribution is -0.161. The van der Waals surface area contributed by atoms with Crippen molar-refractivity contribution in [3.05, 3.63) is 0 Å². The second-order valence-corrected chi connectivity index (χ2v) is 7.55. The lowest BCUT2D eigenvalue weighted by Gasteiger charge is -2.29. The summed E-state index contributed by atoms with van der Waals surface area (Å²) in [6, 6.07) is 0. The first-order valence-electron chi connectivity index (χ1n) is 4.52. The molecular weight excluding hydrogens is 256 g/mol. The maximum atomic E-state index is 11.3. The van der Waals surface area contributed by atoms with Crippen molar-refractivity contribution in [1.82, 2.24) is 0 Å². The fraction of sp³-hybridized carbons (Fsp3) is 0.750. The van der Waals surface area contributed by atoms with Crippen molar-refractivity contribution >= 4 is 31.6 Å². The second-order valence-electron chi connectivity index (χ2n) is 3.30.